The molecule has 4 rings (SSSR count). The standard InChI is InChI=1S/C12H17NO2.C10H8N4O5/c1-8-10-7-12(15-3)11(14-2)6-9(10)4-5-13-8;1-6-9(14(18)19)10(15)12(11-6)7-2-4-8(5-3-7)13(16)17/h6-8,13H,4-5H2,1-3H3;2-5,11H,1H3. The summed E-state index contributed by atoms with van der Waals surface area (Å²) in [6.07, 6.45) is 1.06. The molecule has 12 nitrogen and oxygen atoms in total. The summed E-state index contributed by atoms with van der Waals surface area (Å²) >= 11 is 0. The molecular formula is C22H25N5O7. The maximum Gasteiger partial charge on any atom is 0.356 e. The molecule has 0 radical (unpaired) electrons. The first-order valence-corrected chi connectivity index (χ1v) is 10.4. The van der Waals surface area contributed by atoms with E-state index >= 15 is 0 Å². The number of nitro benzene ring substituents is 1. The second-order valence-electron chi connectivity index (χ2n) is 7.59. The summed E-state index contributed by atoms with van der Waals surface area (Å²) in [6, 6.07) is 9.65. The molecule has 0 spiro atoms. The van der Waals surface area contributed by atoms with Crippen LogP contribution in [0.1, 0.15) is 29.8 Å². The fraction of sp³-hybridized carbons (Fsp3) is 0.318. The molecule has 0 saturated heterocycles. The highest BCUT2D eigenvalue weighted by atomic mass is 16.6. The summed E-state index contributed by atoms with van der Waals surface area (Å²) < 4.78 is 11.6. The summed E-state index contributed by atoms with van der Waals surface area (Å²) in [5.74, 6) is 1.64. The maximum atomic E-state index is 11.8. The molecule has 2 N–H and O–H groups in total. The molecular weight excluding hydrogens is 446 g/mol. The highest BCUT2D eigenvalue weighted by Gasteiger charge is 2.23. The Morgan fingerprint density at radius 2 is 1.65 bits per heavy atom. The van der Waals surface area contributed by atoms with Crippen molar-refractivity contribution in [2.75, 3.05) is 20.8 Å². The Kier molecular flexibility index (Phi) is 7.31. The third-order valence-corrected chi connectivity index (χ3v) is 5.50. The minimum Gasteiger partial charge on any atom is -0.493 e. The van der Waals surface area contributed by atoms with Crippen LogP contribution in [0.15, 0.2) is 41.2 Å². The van der Waals surface area contributed by atoms with E-state index in [-0.39, 0.29) is 17.1 Å². The van der Waals surface area contributed by atoms with Gasteiger partial charge in [-0.15, -0.1) is 0 Å². The Labute approximate surface area is 194 Å². The lowest BCUT2D eigenvalue weighted by atomic mass is 9.94. The number of nitro groups is 2. The zero-order valence-corrected chi connectivity index (χ0v) is 19.2. The first-order valence-electron chi connectivity index (χ1n) is 10.4. The predicted octanol–water partition coefficient (Wildman–Crippen LogP) is 3.20. The zero-order valence-electron chi connectivity index (χ0n) is 19.2. The predicted molar refractivity (Wildman–Crippen MR) is 124 cm³/mol. The van der Waals surface area contributed by atoms with Gasteiger partial charge in [0.05, 0.1) is 29.8 Å². The van der Waals surface area contributed by atoms with Gasteiger partial charge in [-0.3, -0.25) is 30.1 Å². The second kappa shape index (κ2) is 10.2. The van der Waals surface area contributed by atoms with Crippen molar-refractivity contribution in [1.82, 2.24) is 15.1 Å². The van der Waals surface area contributed by atoms with Gasteiger partial charge in [-0.25, -0.2) is 4.68 Å². The average Bonchev–Trinajstić information content (AvgIpc) is 3.12. The van der Waals surface area contributed by atoms with Gasteiger partial charge in [-0.05, 0) is 62.2 Å². The molecule has 3 aromatic rings. The fourth-order valence-corrected chi connectivity index (χ4v) is 3.75. The van der Waals surface area contributed by atoms with Crippen LogP contribution in [0.5, 0.6) is 11.5 Å². The van der Waals surface area contributed by atoms with Crippen molar-refractivity contribution in [1.29, 1.82) is 0 Å². The van der Waals surface area contributed by atoms with Gasteiger partial charge in [0.1, 0.15) is 5.69 Å². The largest absolute Gasteiger partial charge is 0.493 e. The van der Waals surface area contributed by atoms with Gasteiger partial charge in [0.15, 0.2) is 11.5 Å². The minimum atomic E-state index is -0.809. The van der Waals surface area contributed by atoms with Crippen LogP contribution in [0.4, 0.5) is 11.4 Å². The highest BCUT2D eigenvalue weighted by molar-refractivity contribution is 5.49. The van der Waals surface area contributed by atoms with Crippen LogP contribution in [0.3, 0.4) is 0 Å². The number of benzene rings is 2. The van der Waals surface area contributed by atoms with Gasteiger partial charge >= 0.3 is 11.2 Å². The summed E-state index contributed by atoms with van der Waals surface area (Å²) in [7, 11) is 3.35. The van der Waals surface area contributed by atoms with Crippen LogP contribution in [0, 0.1) is 27.2 Å². The van der Waals surface area contributed by atoms with Crippen molar-refractivity contribution in [2.24, 2.45) is 0 Å². The van der Waals surface area contributed by atoms with E-state index in [9.17, 15) is 25.0 Å². The second-order valence-corrected chi connectivity index (χ2v) is 7.59. The Hall–Kier alpha value is -4.19. The molecule has 1 atom stereocenters. The number of H-pyrrole nitrogens is 1. The topological polar surface area (TPSA) is 155 Å². The summed E-state index contributed by atoms with van der Waals surface area (Å²) in [6.45, 7) is 4.61. The number of methoxy groups -OCH3 is 2. The normalized spacial score (nSPS) is 14.4. The third kappa shape index (κ3) is 4.91. The molecule has 1 aliphatic rings. The van der Waals surface area contributed by atoms with E-state index in [1.807, 2.05) is 0 Å². The number of aryl methyl sites for hydroxylation is 1. The number of aromatic nitrogens is 2. The molecule has 2 aromatic carbocycles. The van der Waals surface area contributed by atoms with Gasteiger partial charge in [0.25, 0.3) is 5.69 Å². The number of hydrogen-bond donors (Lipinski definition) is 2. The van der Waals surface area contributed by atoms with Crippen LogP contribution in [-0.2, 0) is 6.42 Å². The number of non-ortho nitro benzene ring substituents is 1. The van der Waals surface area contributed by atoms with Crippen molar-refractivity contribution < 1.29 is 19.3 Å². The fourth-order valence-electron chi connectivity index (χ4n) is 3.75. The zero-order chi connectivity index (χ0) is 25.0. The summed E-state index contributed by atoms with van der Waals surface area (Å²) in [5.41, 5.74) is 1.60. The van der Waals surface area contributed by atoms with Crippen LogP contribution in [0.2, 0.25) is 0 Å². The smallest absolute Gasteiger partial charge is 0.356 e. The van der Waals surface area contributed by atoms with Gasteiger partial charge in [0, 0.05) is 18.2 Å². The van der Waals surface area contributed by atoms with Crippen molar-refractivity contribution >= 4 is 11.4 Å². The molecule has 1 aromatic heterocycles. The molecule has 0 bridgehead atoms. The molecule has 2 heterocycles. The Morgan fingerprint density at radius 1 is 1.03 bits per heavy atom. The molecule has 180 valence electrons. The number of rotatable bonds is 5. The van der Waals surface area contributed by atoms with Gasteiger partial charge < -0.3 is 14.8 Å². The van der Waals surface area contributed by atoms with Crippen LogP contribution in [-0.4, -0.2) is 40.4 Å². The minimum absolute atomic E-state index is 0.119. The number of ether oxygens (including phenoxy) is 2. The number of nitrogens with zero attached hydrogens (tertiary/aromatic N) is 3. The highest BCUT2D eigenvalue weighted by Crippen LogP contribution is 2.34. The molecule has 0 fully saturated rings. The number of aromatic amines is 1. The molecule has 0 saturated carbocycles. The first kappa shape index (κ1) is 24.5. The first-order chi connectivity index (χ1) is 16.2. The van der Waals surface area contributed by atoms with Gasteiger partial charge in [-0.1, -0.05) is 0 Å². The molecule has 34 heavy (non-hydrogen) atoms. The lowest BCUT2D eigenvalue weighted by Gasteiger charge is -2.25. The van der Waals surface area contributed by atoms with Crippen LogP contribution >= 0.6 is 0 Å². The van der Waals surface area contributed by atoms with E-state index in [0.29, 0.717) is 6.04 Å². The third-order valence-electron chi connectivity index (χ3n) is 5.50. The SMILES string of the molecule is COc1cc2c(cc1OC)C(C)NCC2.Cc1[nH]n(-c2ccc([N+](=O)[O-])cc2)c(=O)c1[N+](=O)[O-]. The van der Waals surface area contributed by atoms with E-state index in [1.54, 1.807) is 14.2 Å². The lowest BCUT2D eigenvalue weighted by Crippen LogP contribution is -2.27. The van der Waals surface area contributed by atoms with Crippen molar-refractivity contribution in [3.8, 4) is 17.2 Å². The average molecular weight is 471 g/mol. The number of hydrogen-bond acceptors (Lipinski definition) is 8. The van der Waals surface area contributed by atoms with Crippen LogP contribution < -0.4 is 20.3 Å². The Morgan fingerprint density at radius 3 is 2.18 bits per heavy atom. The molecule has 0 aliphatic carbocycles. The monoisotopic (exact) mass is 471 g/mol. The van der Waals surface area contributed by atoms with Crippen molar-refractivity contribution in [2.45, 2.75) is 26.3 Å². The number of nitrogens with one attached hydrogen (secondary N) is 2. The van der Waals surface area contributed by atoms with E-state index in [0.717, 1.165) is 29.1 Å². The molecule has 12 heteroatoms. The quantitative estimate of drug-likeness (QED) is 0.425. The molecule has 0 amide bonds. The molecule has 1 aliphatic heterocycles. The molecule has 1 unspecified atom stereocenters. The van der Waals surface area contributed by atoms with E-state index < -0.39 is 21.1 Å². The number of fused-ring (bicyclic) bond motifs is 1. The van der Waals surface area contributed by atoms with E-state index in [1.165, 1.54) is 42.3 Å². The summed E-state index contributed by atoms with van der Waals surface area (Å²) in [5, 5.41) is 27.2. The Balaban J connectivity index is 0.000000196. The van der Waals surface area contributed by atoms with Crippen LogP contribution in [0.25, 0.3) is 5.69 Å². The van der Waals surface area contributed by atoms with E-state index in [2.05, 4.69) is 29.5 Å². The lowest BCUT2D eigenvalue weighted by molar-refractivity contribution is -0.386. The Bertz CT molecular complexity index is 1260. The van der Waals surface area contributed by atoms with Gasteiger partial charge in [-0.2, -0.15) is 0 Å². The van der Waals surface area contributed by atoms with Gasteiger partial charge in [0.2, 0.25) is 0 Å². The summed E-state index contributed by atoms with van der Waals surface area (Å²) in [4.78, 5) is 31.7. The van der Waals surface area contributed by atoms with E-state index in [4.69, 9.17) is 9.47 Å². The van der Waals surface area contributed by atoms with Crippen molar-refractivity contribution in [3.63, 3.8) is 0 Å². The maximum absolute atomic E-state index is 11.8. The van der Waals surface area contributed by atoms with Crippen molar-refractivity contribution in [3.05, 3.63) is 83.8 Å².